The first kappa shape index (κ1) is 47.5. The van der Waals surface area contributed by atoms with Gasteiger partial charge in [-0.15, -0.1) is 0 Å². The maximum Gasteiger partial charge on any atom is 0.329 e. The first-order valence-electron chi connectivity index (χ1n) is 21.2. The molecule has 22 heteroatoms. The molecular formula is C43H54ClN15O6. The minimum Gasteiger partial charge on any atom is -0.494 e. The van der Waals surface area contributed by atoms with Crippen LogP contribution in [0, 0.1) is 20.2 Å². The third kappa shape index (κ3) is 14.0. The molecule has 2 aliphatic rings. The van der Waals surface area contributed by atoms with Crippen molar-refractivity contribution in [3.8, 4) is 11.5 Å². The Hall–Kier alpha value is -6.97. The van der Waals surface area contributed by atoms with Crippen LogP contribution < -0.4 is 25.8 Å². The van der Waals surface area contributed by atoms with E-state index in [1.807, 2.05) is 59.9 Å². The smallest absolute Gasteiger partial charge is 0.329 e. The zero-order chi connectivity index (χ0) is 46.3. The summed E-state index contributed by atoms with van der Waals surface area (Å²) < 4.78 is 14.7. The molecule has 2 aliphatic heterocycles. The zero-order valence-corrected chi connectivity index (χ0v) is 37.5. The number of halogens is 1. The van der Waals surface area contributed by atoms with E-state index in [1.165, 1.54) is 19.0 Å². The fraction of sp³-hybridized carbons (Fsp3) is 0.395. The zero-order valence-electron chi connectivity index (χ0n) is 36.8. The van der Waals surface area contributed by atoms with Gasteiger partial charge in [0, 0.05) is 24.5 Å². The van der Waals surface area contributed by atoms with Crippen LogP contribution in [0.2, 0.25) is 5.28 Å². The number of likely N-dealkylation sites (tertiary alicyclic amines) is 2. The van der Waals surface area contributed by atoms with Gasteiger partial charge in [-0.3, -0.25) is 29.6 Å². The molecule has 344 valence electrons. The fourth-order valence-electron chi connectivity index (χ4n) is 7.14. The van der Waals surface area contributed by atoms with E-state index >= 15 is 0 Å². The average Bonchev–Trinajstić information content (AvgIpc) is 3.95. The molecule has 2 saturated heterocycles. The second-order valence-corrected chi connectivity index (χ2v) is 15.7. The normalized spacial score (nSPS) is 14.6. The van der Waals surface area contributed by atoms with Gasteiger partial charge in [-0.2, -0.15) is 15.2 Å². The quantitative estimate of drug-likeness (QED) is 0.0544. The molecule has 0 aliphatic carbocycles. The molecular weight excluding hydrogens is 858 g/mol. The van der Waals surface area contributed by atoms with Crippen molar-refractivity contribution in [3.63, 3.8) is 0 Å². The van der Waals surface area contributed by atoms with Crippen molar-refractivity contribution in [2.24, 2.45) is 0 Å². The van der Waals surface area contributed by atoms with Crippen molar-refractivity contribution in [2.75, 3.05) is 69.9 Å². The van der Waals surface area contributed by atoms with Crippen LogP contribution in [0.5, 0.6) is 11.5 Å². The fourth-order valence-corrected chi connectivity index (χ4v) is 7.27. The topological polar surface area (TPSA) is 248 Å². The highest BCUT2D eigenvalue weighted by Gasteiger charge is 2.22. The van der Waals surface area contributed by atoms with E-state index in [1.54, 1.807) is 36.7 Å². The lowest BCUT2D eigenvalue weighted by Gasteiger charge is -2.28. The molecule has 4 N–H and O–H groups in total. The monoisotopic (exact) mass is 911 g/mol. The summed E-state index contributed by atoms with van der Waals surface area (Å²) in [6, 6.07) is 15.3. The summed E-state index contributed by atoms with van der Waals surface area (Å²) in [6.45, 7) is 9.37. The number of nitrogens with two attached hydrogens (primary N) is 1. The second-order valence-electron chi connectivity index (χ2n) is 15.4. The molecule has 4 aromatic heterocycles. The predicted molar refractivity (Wildman–Crippen MR) is 247 cm³/mol. The number of hydrogen-bond acceptors (Lipinski definition) is 17. The minimum atomic E-state index is -0.576. The van der Waals surface area contributed by atoms with Gasteiger partial charge in [-0.1, -0.05) is 12.1 Å². The highest BCUT2D eigenvalue weighted by atomic mass is 35.5. The third-order valence-electron chi connectivity index (χ3n) is 10.6. The van der Waals surface area contributed by atoms with Gasteiger partial charge in [0.1, 0.15) is 29.6 Å². The summed E-state index contributed by atoms with van der Waals surface area (Å²) in [5.74, 6) is 1.82. The van der Waals surface area contributed by atoms with Gasteiger partial charge in [-0.25, -0.2) is 15.0 Å². The molecule has 0 bridgehead atoms. The lowest BCUT2D eigenvalue weighted by molar-refractivity contribution is -0.386. The van der Waals surface area contributed by atoms with Crippen molar-refractivity contribution in [1.29, 1.82) is 0 Å². The van der Waals surface area contributed by atoms with E-state index in [2.05, 4.69) is 64.7 Å². The molecule has 2 fully saturated rings. The summed E-state index contributed by atoms with van der Waals surface area (Å²) in [5, 5.41) is 37.0. The van der Waals surface area contributed by atoms with Crippen LogP contribution in [-0.2, 0) is 6.42 Å². The Kier molecular flexibility index (Phi) is 16.9. The summed E-state index contributed by atoms with van der Waals surface area (Å²) in [7, 11) is 4.29. The number of rotatable bonds is 14. The molecule has 0 amide bonds. The Bertz CT molecular complexity index is 2450. The lowest BCUT2D eigenvalue weighted by atomic mass is 10.1. The Balaban J connectivity index is 0.000000180. The van der Waals surface area contributed by atoms with E-state index in [0.717, 1.165) is 67.9 Å². The lowest BCUT2D eigenvalue weighted by Crippen LogP contribution is -2.31. The Labute approximate surface area is 381 Å². The molecule has 65 heavy (non-hydrogen) atoms. The van der Waals surface area contributed by atoms with E-state index < -0.39 is 9.85 Å². The number of nitrogens with zero attached hydrogens (tertiary/aromatic N) is 12. The highest BCUT2D eigenvalue weighted by molar-refractivity contribution is 6.28. The molecule has 0 atom stereocenters. The first-order valence-corrected chi connectivity index (χ1v) is 21.6. The average molecular weight is 912 g/mol. The summed E-state index contributed by atoms with van der Waals surface area (Å²) in [6.07, 6.45) is 14.4. The second kappa shape index (κ2) is 23.1. The molecule has 0 saturated carbocycles. The van der Waals surface area contributed by atoms with Gasteiger partial charge >= 0.3 is 11.4 Å². The van der Waals surface area contributed by atoms with E-state index in [0.29, 0.717) is 54.8 Å². The third-order valence-corrected chi connectivity index (χ3v) is 10.8. The van der Waals surface area contributed by atoms with Crippen molar-refractivity contribution < 1.29 is 19.3 Å². The predicted octanol–water partition coefficient (Wildman–Crippen LogP) is 7.49. The number of nitrogens with one attached hydrogen (secondary N) is 2. The molecule has 6 aromatic rings. The number of anilines is 5. The number of benzene rings is 2. The van der Waals surface area contributed by atoms with Crippen molar-refractivity contribution in [2.45, 2.75) is 58.0 Å². The standard InChI is InChI=1S/C22H27N7O3.C12H11ClN4O3.C9H16N4/c1-3-32-19-6-4-16(5-7-19)12-20-21(29(30)31)14-23-22(26-20)25-17-13-24-28(15-17)18-8-10-27(2)11-9-18;1-2-20-9-5-3-8(4-6-9)15-11-10(17(18)19)7-14-12(13)16-11;1-12-4-2-9(3-5-12)13-7-8(10)6-11-13/h4-7,13-15,18H,3,8-12H2,1-2H3,(H,23,25,26);3-7H,2H2,1H3,(H,14,15,16);6-7,9H,2-5,10H2,1H3. The largest absolute Gasteiger partial charge is 0.494 e. The van der Waals surface area contributed by atoms with Gasteiger partial charge < -0.3 is 35.6 Å². The number of nitro groups is 2. The van der Waals surface area contributed by atoms with Crippen LogP contribution in [0.3, 0.4) is 0 Å². The molecule has 8 rings (SSSR count). The number of piperidine rings is 2. The van der Waals surface area contributed by atoms with Gasteiger partial charge in [-0.05, 0) is 133 Å². The summed E-state index contributed by atoms with van der Waals surface area (Å²) >= 11 is 5.65. The number of nitrogen functional groups attached to an aromatic ring is 1. The maximum absolute atomic E-state index is 11.5. The van der Waals surface area contributed by atoms with Crippen LogP contribution in [-0.4, -0.2) is 113 Å². The van der Waals surface area contributed by atoms with Crippen LogP contribution in [0.15, 0.2) is 85.7 Å². The van der Waals surface area contributed by atoms with Gasteiger partial charge in [0.25, 0.3) is 0 Å². The molecule has 0 unspecified atom stereocenters. The number of aromatic nitrogens is 8. The van der Waals surface area contributed by atoms with E-state index in [4.69, 9.17) is 26.8 Å². The van der Waals surface area contributed by atoms with Crippen LogP contribution in [0.4, 0.5) is 40.2 Å². The summed E-state index contributed by atoms with van der Waals surface area (Å²) in [5.41, 5.74) is 8.66. The SMILES string of the molecule is CCOc1ccc(Cc2nc(Nc3cnn(C4CCN(C)CC4)c3)ncc2[N+](=O)[O-])cc1.CCOc1ccc(Nc2nc(Cl)ncc2[N+](=O)[O-])cc1.CN1CCC(n2cc(N)cn2)CC1. The molecule has 6 heterocycles. The van der Waals surface area contributed by atoms with Gasteiger partial charge in [0.05, 0.1) is 58.9 Å². The summed E-state index contributed by atoms with van der Waals surface area (Å²) in [4.78, 5) is 42.0. The van der Waals surface area contributed by atoms with Gasteiger partial charge in [0.15, 0.2) is 0 Å². The van der Waals surface area contributed by atoms with Crippen LogP contribution in [0.25, 0.3) is 0 Å². The number of hydrogen-bond donors (Lipinski definition) is 3. The van der Waals surface area contributed by atoms with Crippen molar-refractivity contribution in [1.82, 2.24) is 49.3 Å². The van der Waals surface area contributed by atoms with Crippen molar-refractivity contribution in [3.05, 3.63) is 122 Å². The van der Waals surface area contributed by atoms with Gasteiger partial charge in [0.2, 0.25) is 17.0 Å². The minimum absolute atomic E-state index is 0.0409. The highest BCUT2D eigenvalue weighted by Crippen LogP contribution is 2.28. The van der Waals surface area contributed by atoms with Crippen LogP contribution >= 0.6 is 11.6 Å². The van der Waals surface area contributed by atoms with Crippen molar-refractivity contribution >= 4 is 51.8 Å². The Morgan fingerprint density at radius 1 is 0.708 bits per heavy atom. The van der Waals surface area contributed by atoms with Crippen LogP contribution in [0.1, 0.15) is 62.9 Å². The Morgan fingerprint density at radius 2 is 1.25 bits per heavy atom. The molecule has 0 radical (unpaired) electrons. The van der Waals surface area contributed by atoms with E-state index in [9.17, 15) is 20.2 Å². The molecule has 2 aromatic carbocycles. The number of ether oxygens (including phenoxy) is 2. The van der Waals surface area contributed by atoms with E-state index in [-0.39, 0.29) is 22.5 Å². The first-order chi connectivity index (χ1) is 31.4. The Morgan fingerprint density at radius 3 is 1.78 bits per heavy atom. The maximum atomic E-state index is 11.5. The molecule has 21 nitrogen and oxygen atoms in total. The molecule has 0 spiro atoms.